The van der Waals surface area contributed by atoms with E-state index in [1.165, 1.54) is 13.8 Å². The average molecular weight is 286 g/mol. The fourth-order valence-corrected chi connectivity index (χ4v) is 1.63. The van der Waals surface area contributed by atoms with Crippen molar-refractivity contribution in [2.24, 2.45) is 0 Å². The lowest BCUT2D eigenvalue weighted by molar-refractivity contribution is -0.133. The standard InChI is InChI=1S/C14H14N4O3/c1-9(10(2)14(20)21)13(19)17-11-4-3-5-12(6-11)18-7-15-16-8-18/h3-8H,1-2H3,(H,17,19)(H,20,21). The smallest absolute Gasteiger partial charge is 0.331 e. The van der Waals surface area contributed by atoms with Crippen molar-refractivity contribution in [2.75, 3.05) is 5.32 Å². The molecule has 1 aromatic carbocycles. The van der Waals surface area contributed by atoms with Gasteiger partial charge in [-0.2, -0.15) is 0 Å². The SMILES string of the molecule is CC(C(=O)O)=C(C)C(=O)Nc1cccc(-n2cnnc2)c1. The summed E-state index contributed by atoms with van der Waals surface area (Å²) < 4.78 is 1.70. The molecular weight excluding hydrogens is 272 g/mol. The van der Waals surface area contributed by atoms with Crippen LogP contribution in [0.15, 0.2) is 48.1 Å². The molecule has 7 heteroatoms. The quantitative estimate of drug-likeness (QED) is 0.832. The van der Waals surface area contributed by atoms with Gasteiger partial charge in [0.2, 0.25) is 0 Å². The van der Waals surface area contributed by atoms with Gasteiger partial charge in [0.15, 0.2) is 0 Å². The number of anilines is 1. The number of rotatable bonds is 4. The summed E-state index contributed by atoms with van der Waals surface area (Å²) in [4.78, 5) is 22.8. The molecule has 0 saturated carbocycles. The van der Waals surface area contributed by atoms with E-state index < -0.39 is 11.9 Å². The number of hydrogen-bond acceptors (Lipinski definition) is 4. The van der Waals surface area contributed by atoms with Gasteiger partial charge in [-0.05, 0) is 32.0 Å². The molecular formula is C14H14N4O3. The van der Waals surface area contributed by atoms with E-state index in [0.717, 1.165) is 5.69 Å². The summed E-state index contributed by atoms with van der Waals surface area (Å²) in [6.45, 7) is 2.87. The molecule has 0 saturated heterocycles. The summed E-state index contributed by atoms with van der Waals surface area (Å²) in [6.07, 6.45) is 3.08. The summed E-state index contributed by atoms with van der Waals surface area (Å²) in [5.41, 5.74) is 1.53. The maximum Gasteiger partial charge on any atom is 0.331 e. The minimum absolute atomic E-state index is 0.0162. The molecule has 0 radical (unpaired) electrons. The molecule has 0 aliphatic carbocycles. The summed E-state index contributed by atoms with van der Waals surface area (Å²) in [7, 11) is 0. The lowest BCUT2D eigenvalue weighted by Gasteiger charge is -2.09. The third-order valence-corrected chi connectivity index (χ3v) is 3.04. The number of carboxylic acids is 1. The van der Waals surface area contributed by atoms with Gasteiger partial charge in [0.1, 0.15) is 12.7 Å². The van der Waals surface area contributed by atoms with Crippen molar-refractivity contribution in [3.8, 4) is 5.69 Å². The molecule has 0 aliphatic rings. The lowest BCUT2D eigenvalue weighted by atomic mass is 10.1. The number of carbonyl (C=O) groups excluding carboxylic acids is 1. The van der Waals surface area contributed by atoms with Crippen LogP contribution in [-0.4, -0.2) is 31.7 Å². The van der Waals surface area contributed by atoms with Gasteiger partial charge in [0, 0.05) is 16.8 Å². The van der Waals surface area contributed by atoms with Crippen LogP contribution < -0.4 is 5.32 Å². The Labute approximate surface area is 120 Å². The molecule has 2 rings (SSSR count). The van der Waals surface area contributed by atoms with Crippen LogP contribution in [-0.2, 0) is 9.59 Å². The topological polar surface area (TPSA) is 97.1 Å². The number of benzene rings is 1. The van der Waals surface area contributed by atoms with E-state index in [-0.39, 0.29) is 11.1 Å². The predicted molar refractivity (Wildman–Crippen MR) is 76.0 cm³/mol. The third kappa shape index (κ3) is 3.33. The minimum Gasteiger partial charge on any atom is -0.478 e. The van der Waals surface area contributed by atoms with E-state index in [1.54, 1.807) is 35.4 Å². The third-order valence-electron chi connectivity index (χ3n) is 3.04. The molecule has 0 aliphatic heterocycles. The highest BCUT2D eigenvalue weighted by atomic mass is 16.4. The van der Waals surface area contributed by atoms with Crippen LogP contribution in [0, 0.1) is 0 Å². The molecule has 2 aromatic rings. The first-order valence-electron chi connectivity index (χ1n) is 6.16. The van der Waals surface area contributed by atoms with Crippen molar-refractivity contribution in [1.82, 2.24) is 14.8 Å². The highest BCUT2D eigenvalue weighted by Crippen LogP contribution is 2.15. The van der Waals surface area contributed by atoms with Crippen molar-refractivity contribution >= 4 is 17.6 Å². The van der Waals surface area contributed by atoms with Crippen LogP contribution in [0.5, 0.6) is 0 Å². The van der Waals surface area contributed by atoms with Crippen LogP contribution in [0.3, 0.4) is 0 Å². The van der Waals surface area contributed by atoms with Gasteiger partial charge < -0.3 is 10.4 Å². The molecule has 7 nitrogen and oxygen atoms in total. The van der Waals surface area contributed by atoms with Crippen molar-refractivity contribution in [3.63, 3.8) is 0 Å². The molecule has 0 atom stereocenters. The van der Waals surface area contributed by atoms with Crippen LogP contribution in [0.25, 0.3) is 5.69 Å². The molecule has 108 valence electrons. The fraction of sp³-hybridized carbons (Fsp3) is 0.143. The van der Waals surface area contributed by atoms with Gasteiger partial charge in [-0.1, -0.05) is 6.07 Å². The predicted octanol–water partition coefficient (Wildman–Crippen LogP) is 1.63. The molecule has 0 spiro atoms. The van der Waals surface area contributed by atoms with Crippen LogP contribution in [0.2, 0.25) is 0 Å². The molecule has 2 N–H and O–H groups in total. The number of aliphatic carboxylic acids is 1. The maximum absolute atomic E-state index is 12.0. The normalized spacial score (nSPS) is 11.7. The molecule has 0 unspecified atom stereocenters. The van der Waals surface area contributed by atoms with Crippen molar-refractivity contribution in [2.45, 2.75) is 13.8 Å². The van der Waals surface area contributed by atoms with Gasteiger partial charge in [0.05, 0.1) is 5.69 Å². The number of nitrogens with one attached hydrogen (secondary N) is 1. The van der Waals surface area contributed by atoms with E-state index in [1.807, 2.05) is 6.07 Å². The first-order chi connectivity index (χ1) is 9.99. The Morgan fingerprint density at radius 2 is 1.81 bits per heavy atom. The van der Waals surface area contributed by atoms with Crippen LogP contribution >= 0.6 is 0 Å². The Morgan fingerprint density at radius 1 is 1.14 bits per heavy atom. The lowest BCUT2D eigenvalue weighted by Crippen LogP contribution is -2.16. The number of aromatic nitrogens is 3. The second kappa shape index (κ2) is 6.00. The summed E-state index contributed by atoms with van der Waals surface area (Å²) >= 11 is 0. The first kappa shape index (κ1) is 14.4. The van der Waals surface area contributed by atoms with Crippen molar-refractivity contribution in [3.05, 3.63) is 48.1 Å². The fourth-order valence-electron chi connectivity index (χ4n) is 1.63. The number of amides is 1. The zero-order valence-corrected chi connectivity index (χ0v) is 11.6. The zero-order chi connectivity index (χ0) is 15.4. The number of hydrogen-bond donors (Lipinski definition) is 2. The number of nitrogens with zero attached hydrogens (tertiary/aromatic N) is 3. The Morgan fingerprint density at radius 3 is 2.43 bits per heavy atom. The molecule has 1 aromatic heterocycles. The molecule has 1 heterocycles. The number of carbonyl (C=O) groups is 2. The Balaban J connectivity index is 2.21. The highest BCUT2D eigenvalue weighted by molar-refractivity contribution is 6.08. The van der Waals surface area contributed by atoms with E-state index in [4.69, 9.17) is 5.11 Å². The van der Waals surface area contributed by atoms with Gasteiger partial charge in [-0.3, -0.25) is 9.36 Å². The van der Waals surface area contributed by atoms with E-state index in [0.29, 0.717) is 5.69 Å². The first-order valence-corrected chi connectivity index (χ1v) is 6.16. The minimum atomic E-state index is -1.11. The maximum atomic E-state index is 12.0. The number of carboxylic acid groups (broad SMARTS) is 1. The summed E-state index contributed by atoms with van der Waals surface area (Å²) in [6, 6.07) is 7.07. The Hall–Kier alpha value is -2.96. The zero-order valence-electron chi connectivity index (χ0n) is 11.6. The van der Waals surface area contributed by atoms with E-state index >= 15 is 0 Å². The van der Waals surface area contributed by atoms with E-state index in [2.05, 4.69) is 15.5 Å². The summed E-state index contributed by atoms with van der Waals surface area (Å²) in [5.74, 6) is -1.56. The molecule has 0 fully saturated rings. The molecule has 1 amide bonds. The highest BCUT2D eigenvalue weighted by Gasteiger charge is 2.13. The van der Waals surface area contributed by atoms with Gasteiger partial charge in [-0.25, -0.2) is 4.79 Å². The Kier molecular flexibility index (Phi) is 4.13. The monoisotopic (exact) mass is 286 g/mol. The largest absolute Gasteiger partial charge is 0.478 e. The summed E-state index contributed by atoms with van der Waals surface area (Å²) in [5, 5.41) is 19.0. The second-order valence-electron chi connectivity index (χ2n) is 4.43. The van der Waals surface area contributed by atoms with Crippen molar-refractivity contribution in [1.29, 1.82) is 0 Å². The second-order valence-corrected chi connectivity index (χ2v) is 4.43. The van der Waals surface area contributed by atoms with Crippen molar-refractivity contribution < 1.29 is 14.7 Å². The van der Waals surface area contributed by atoms with Gasteiger partial charge in [0.25, 0.3) is 5.91 Å². The van der Waals surface area contributed by atoms with Crippen LogP contribution in [0.4, 0.5) is 5.69 Å². The molecule has 0 bridgehead atoms. The van der Waals surface area contributed by atoms with E-state index in [9.17, 15) is 9.59 Å². The molecule has 21 heavy (non-hydrogen) atoms. The Bertz CT molecular complexity index is 705. The van der Waals surface area contributed by atoms with Crippen LogP contribution in [0.1, 0.15) is 13.8 Å². The average Bonchev–Trinajstić information content (AvgIpc) is 3.00. The van der Waals surface area contributed by atoms with Gasteiger partial charge in [-0.15, -0.1) is 10.2 Å². The van der Waals surface area contributed by atoms with Gasteiger partial charge >= 0.3 is 5.97 Å².